The highest BCUT2D eigenvalue weighted by Crippen LogP contribution is 2.51. The molecule has 5 aliphatic rings. The molecule has 0 heteroatoms. The van der Waals surface area contributed by atoms with Crippen molar-refractivity contribution >= 4 is 6.08 Å². The molecular formula is C45H34. The van der Waals surface area contributed by atoms with Crippen LogP contribution in [0.4, 0.5) is 0 Å². The number of fused-ring (bicyclic) bond motifs is 3. The Hall–Kier alpha value is -5.20. The second-order valence-corrected chi connectivity index (χ2v) is 13.4. The van der Waals surface area contributed by atoms with Crippen LogP contribution < -0.4 is 0 Å². The van der Waals surface area contributed by atoms with Gasteiger partial charge in [0.1, 0.15) is 0 Å². The fraction of sp³-hybridized carbons (Fsp3) is 0.111. The molecule has 0 bridgehead atoms. The van der Waals surface area contributed by atoms with Crippen molar-refractivity contribution in [1.29, 1.82) is 0 Å². The fourth-order valence-electron chi connectivity index (χ4n) is 8.08. The molecule has 0 fully saturated rings. The molecule has 0 amide bonds. The normalized spacial score (nSPS) is 21.2. The van der Waals surface area contributed by atoms with E-state index in [1.54, 1.807) is 0 Å². The van der Waals surface area contributed by atoms with E-state index in [0.717, 1.165) is 0 Å². The van der Waals surface area contributed by atoms with Crippen LogP contribution in [0.15, 0.2) is 180 Å². The monoisotopic (exact) mass is 574 g/mol. The Morgan fingerprint density at radius 3 is 1.82 bits per heavy atom. The Bertz CT molecular complexity index is 2150. The molecule has 0 radical (unpaired) electrons. The Balaban J connectivity index is 0.991. The van der Waals surface area contributed by atoms with E-state index in [2.05, 4.69) is 172 Å². The van der Waals surface area contributed by atoms with Crippen LogP contribution in [-0.2, 0) is 5.41 Å². The molecule has 5 aliphatic carbocycles. The predicted octanol–water partition coefficient (Wildman–Crippen LogP) is 11.4. The molecule has 9 rings (SSSR count). The van der Waals surface area contributed by atoms with Gasteiger partial charge in [-0.05, 0) is 90.1 Å². The minimum absolute atomic E-state index is 0.0570. The first-order valence-electron chi connectivity index (χ1n) is 16.1. The lowest BCUT2D eigenvalue weighted by atomic mass is 9.63. The molecule has 214 valence electrons. The lowest BCUT2D eigenvalue weighted by Crippen LogP contribution is -2.29. The summed E-state index contributed by atoms with van der Waals surface area (Å²) in [4.78, 5) is 0. The number of hydrogen-bond acceptors (Lipinski definition) is 0. The maximum Gasteiger partial charge on any atom is 0.0205 e. The molecule has 45 heavy (non-hydrogen) atoms. The molecule has 0 saturated carbocycles. The first-order chi connectivity index (χ1) is 22.0. The van der Waals surface area contributed by atoms with Crippen molar-refractivity contribution in [2.75, 3.05) is 0 Å². The van der Waals surface area contributed by atoms with Crippen LogP contribution in [0.2, 0.25) is 0 Å². The van der Waals surface area contributed by atoms with Gasteiger partial charge in [-0.2, -0.15) is 0 Å². The van der Waals surface area contributed by atoms with Crippen molar-refractivity contribution in [3.8, 4) is 33.4 Å². The van der Waals surface area contributed by atoms with E-state index >= 15 is 0 Å². The number of hydrogen-bond donors (Lipinski definition) is 0. The second-order valence-electron chi connectivity index (χ2n) is 13.4. The first kappa shape index (κ1) is 26.2. The van der Waals surface area contributed by atoms with Crippen LogP contribution in [0, 0.1) is 11.8 Å². The topological polar surface area (TPSA) is 0 Å². The van der Waals surface area contributed by atoms with Crippen LogP contribution >= 0.6 is 0 Å². The molecule has 0 aromatic heterocycles. The lowest BCUT2D eigenvalue weighted by molar-refractivity contribution is 0.561. The van der Waals surface area contributed by atoms with E-state index in [0.29, 0.717) is 11.8 Å². The Morgan fingerprint density at radius 1 is 0.511 bits per heavy atom. The molecule has 4 aromatic rings. The van der Waals surface area contributed by atoms with Crippen molar-refractivity contribution in [1.82, 2.24) is 0 Å². The van der Waals surface area contributed by atoms with Gasteiger partial charge in [0.05, 0.1) is 0 Å². The first-order valence-corrected chi connectivity index (χ1v) is 16.1. The SMILES string of the molecule is CC1(C)c2cc(-c3ccccc3)ccc2-c2ccc(-c3ccc(/C=C/C4=C5C=CC6=CC=CC7=CC=C(C=C4)C5C67)cc3)cc21. The summed E-state index contributed by atoms with van der Waals surface area (Å²) < 4.78 is 0. The van der Waals surface area contributed by atoms with Crippen LogP contribution in [0.3, 0.4) is 0 Å². The highest BCUT2D eigenvalue weighted by Gasteiger charge is 2.38. The van der Waals surface area contributed by atoms with Gasteiger partial charge in [0.15, 0.2) is 0 Å². The van der Waals surface area contributed by atoms with E-state index in [1.807, 2.05) is 0 Å². The molecule has 2 atom stereocenters. The van der Waals surface area contributed by atoms with Gasteiger partial charge in [0.25, 0.3) is 0 Å². The molecule has 4 aromatic carbocycles. The third kappa shape index (κ3) is 4.13. The standard InChI is InChI=1S/C45H34/c1-45(2)41-27-36(30-7-4-3-5-8-30)22-25-39(41)40-26-23-37(28-42(40)45)31-14-11-29(12-15-31)13-16-32-17-18-35-20-19-33-9-6-10-34-21-24-38(32)44(35)43(33)34/h3-28,43-44H,1-2H3/b16-13+. The Morgan fingerprint density at radius 2 is 1.11 bits per heavy atom. The van der Waals surface area contributed by atoms with Crippen LogP contribution in [0.1, 0.15) is 30.5 Å². The fourth-order valence-corrected chi connectivity index (χ4v) is 8.08. The van der Waals surface area contributed by atoms with Crippen molar-refractivity contribution in [2.45, 2.75) is 19.3 Å². The summed E-state index contributed by atoms with van der Waals surface area (Å²) >= 11 is 0. The zero-order chi connectivity index (χ0) is 30.1. The van der Waals surface area contributed by atoms with Gasteiger partial charge >= 0.3 is 0 Å². The number of benzene rings is 4. The largest absolute Gasteiger partial charge is 0.0622 e. The zero-order valence-corrected chi connectivity index (χ0v) is 25.7. The Kier molecular flexibility index (Phi) is 5.77. The third-order valence-corrected chi connectivity index (χ3v) is 10.5. The molecule has 2 unspecified atom stereocenters. The van der Waals surface area contributed by atoms with Gasteiger partial charge in [-0.1, -0.05) is 160 Å². The number of allylic oxidation sites excluding steroid dienone is 15. The van der Waals surface area contributed by atoms with E-state index < -0.39 is 0 Å². The van der Waals surface area contributed by atoms with Gasteiger partial charge in [-0.25, -0.2) is 0 Å². The molecule has 0 nitrogen and oxygen atoms in total. The van der Waals surface area contributed by atoms with Crippen LogP contribution in [0.25, 0.3) is 39.5 Å². The summed E-state index contributed by atoms with van der Waals surface area (Å²) in [7, 11) is 0. The summed E-state index contributed by atoms with van der Waals surface area (Å²) in [5.41, 5.74) is 18.8. The van der Waals surface area contributed by atoms with Gasteiger partial charge < -0.3 is 0 Å². The quantitative estimate of drug-likeness (QED) is 0.227. The van der Waals surface area contributed by atoms with Gasteiger partial charge in [0, 0.05) is 17.3 Å². The highest BCUT2D eigenvalue weighted by atomic mass is 14.4. The maximum absolute atomic E-state index is 2.41. The minimum Gasteiger partial charge on any atom is -0.0622 e. The van der Waals surface area contributed by atoms with Crippen molar-refractivity contribution < 1.29 is 0 Å². The smallest absolute Gasteiger partial charge is 0.0205 e. The van der Waals surface area contributed by atoms with Crippen LogP contribution in [0.5, 0.6) is 0 Å². The summed E-state index contributed by atoms with van der Waals surface area (Å²) in [6.45, 7) is 4.73. The van der Waals surface area contributed by atoms with Gasteiger partial charge in [0.2, 0.25) is 0 Å². The van der Waals surface area contributed by atoms with Crippen molar-refractivity contribution in [2.24, 2.45) is 11.8 Å². The van der Waals surface area contributed by atoms with Gasteiger partial charge in [-0.15, -0.1) is 0 Å². The average Bonchev–Trinajstić information content (AvgIpc) is 3.32. The number of rotatable bonds is 4. The molecule has 0 saturated heterocycles. The molecule has 0 heterocycles. The maximum atomic E-state index is 2.41. The van der Waals surface area contributed by atoms with Crippen molar-refractivity contribution in [3.05, 3.63) is 196 Å². The van der Waals surface area contributed by atoms with Crippen LogP contribution in [-0.4, -0.2) is 0 Å². The van der Waals surface area contributed by atoms with E-state index in [4.69, 9.17) is 0 Å². The minimum atomic E-state index is -0.0570. The molecule has 0 N–H and O–H groups in total. The molecule has 0 spiro atoms. The third-order valence-electron chi connectivity index (χ3n) is 10.5. The summed E-state index contributed by atoms with van der Waals surface area (Å²) in [5, 5.41) is 0. The zero-order valence-electron chi connectivity index (χ0n) is 25.7. The van der Waals surface area contributed by atoms with Crippen molar-refractivity contribution in [3.63, 3.8) is 0 Å². The average molecular weight is 575 g/mol. The highest BCUT2D eigenvalue weighted by molar-refractivity contribution is 5.86. The summed E-state index contributed by atoms with van der Waals surface area (Å²) in [6, 6.07) is 33.7. The van der Waals surface area contributed by atoms with E-state index in [1.165, 1.54) is 77.9 Å². The Labute approximate surface area is 266 Å². The van der Waals surface area contributed by atoms with E-state index in [-0.39, 0.29) is 5.41 Å². The molecule has 0 aliphatic heterocycles. The van der Waals surface area contributed by atoms with E-state index in [9.17, 15) is 0 Å². The predicted molar refractivity (Wildman–Crippen MR) is 190 cm³/mol. The second kappa shape index (κ2) is 9.91. The summed E-state index contributed by atoms with van der Waals surface area (Å²) in [6.07, 6.45) is 25.1. The molecular weight excluding hydrogens is 540 g/mol. The summed E-state index contributed by atoms with van der Waals surface area (Å²) in [5.74, 6) is 0.858. The lowest BCUT2D eigenvalue weighted by Gasteiger charge is -2.40. The van der Waals surface area contributed by atoms with Gasteiger partial charge in [-0.3, -0.25) is 0 Å².